The first-order valence-corrected chi connectivity index (χ1v) is 3.84. The van der Waals surface area contributed by atoms with Gasteiger partial charge in [-0.25, -0.2) is 0 Å². The molecule has 1 aromatic carbocycles. The monoisotopic (exact) mass is 204 g/mol. The lowest BCUT2D eigenvalue weighted by Gasteiger charge is -2.13. The number of halogens is 3. The van der Waals surface area contributed by atoms with Crippen LogP contribution in [-0.4, -0.2) is 19.3 Å². The molecule has 0 fully saturated rings. The molecule has 0 aliphatic carbocycles. The second kappa shape index (κ2) is 4.02. The van der Waals surface area contributed by atoms with Crippen LogP contribution >= 0.6 is 0 Å². The summed E-state index contributed by atoms with van der Waals surface area (Å²) in [6.45, 7) is 0. The third-order valence-corrected chi connectivity index (χ3v) is 1.76. The fourth-order valence-electron chi connectivity index (χ4n) is 1.10. The summed E-state index contributed by atoms with van der Waals surface area (Å²) in [7, 11) is -0.412. The summed E-state index contributed by atoms with van der Waals surface area (Å²) in [6.07, 6.45) is -4.48. The van der Waals surface area contributed by atoms with Crippen molar-refractivity contribution in [2.45, 2.75) is 6.18 Å². The third kappa shape index (κ3) is 2.27. The molecule has 0 aromatic heterocycles. The van der Waals surface area contributed by atoms with Crippen LogP contribution in [0.3, 0.4) is 0 Å². The highest BCUT2D eigenvalue weighted by Crippen LogP contribution is 2.27. The fraction of sp³-hybridized carbons (Fsp3) is 0.250. The molecule has 6 heteroatoms. The maximum atomic E-state index is 12.4. The molecule has 0 spiro atoms. The molecule has 1 rings (SSSR count). The van der Waals surface area contributed by atoms with Crippen molar-refractivity contribution in [1.82, 2.24) is 0 Å². The van der Waals surface area contributed by atoms with Gasteiger partial charge in [-0.1, -0.05) is 24.3 Å². The van der Waals surface area contributed by atoms with Crippen LogP contribution in [0.15, 0.2) is 24.3 Å². The summed E-state index contributed by atoms with van der Waals surface area (Å²) in [5.74, 6) is 0. The lowest BCUT2D eigenvalue weighted by Crippen LogP contribution is -2.37. The van der Waals surface area contributed by atoms with Gasteiger partial charge in [0.2, 0.25) is 0 Å². The van der Waals surface area contributed by atoms with Gasteiger partial charge in [0.1, 0.15) is 0 Å². The Morgan fingerprint density at radius 3 is 2.36 bits per heavy atom. The molecular weight excluding hydrogens is 196 g/mol. The van der Waals surface area contributed by atoms with Crippen molar-refractivity contribution in [3.8, 4) is 0 Å². The maximum Gasteiger partial charge on any atom is 0.491 e. The Bertz CT molecular complexity index is 314. The molecule has 0 radical (unpaired) electrons. The molecule has 0 saturated carbocycles. The topological polar surface area (TPSA) is 29.5 Å². The van der Waals surface area contributed by atoms with Crippen LogP contribution < -0.4 is 5.46 Å². The number of alkyl halides is 3. The van der Waals surface area contributed by atoms with Crippen molar-refractivity contribution in [2.75, 3.05) is 7.11 Å². The van der Waals surface area contributed by atoms with Gasteiger partial charge >= 0.3 is 13.3 Å². The van der Waals surface area contributed by atoms with Crippen molar-refractivity contribution in [3.63, 3.8) is 0 Å². The summed E-state index contributed by atoms with van der Waals surface area (Å²) >= 11 is 0. The molecule has 0 unspecified atom stereocenters. The smallest absolute Gasteiger partial charge is 0.423 e. The standard InChI is InChI=1S/C8H8BF3O2/c1-14-9(13)7-5-3-2-4-6(7)8(10,11)12/h2-5,13H,1H3. The van der Waals surface area contributed by atoms with Crippen LogP contribution in [0.5, 0.6) is 0 Å². The van der Waals surface area contributed by atoms with Crippen molar-refractivity contribution >= 4 is 12.6 Å². The molecule has 0 amide bonds. The van der Waals surface area contributed by atoms with Crippen LogP contribution in [0.1, 0.15) is 5.56 Å². The average molecular weight is 204 g/mol. The van der Waals surface area contributed by atoms with Crippen LogP contribution in [0, 0.1) is 0 Å². The van der Waals surface area contributed by atoms with Crippen LogP contribution in [0.2, 0.25) is 0 Å². The van der Waals surface area contributed by atoms with E-state index in [1.54, 1.807) is 0 Å². The molecule has 0 aliphatic heterocycles. The fourth-order valence-corrected chi connectivity index (χ4v) is 1.10. The first kappa shape index (κ1) is 11.1. The van der Waals surface area contributed by atoms with E-state index in [-0.39, 0.29) is 5.46 Å². The Morgan fingerprint density at radius 2 is 1.86 bits per heavy atom. The molecule has 1 aromatic rings. The van der Waals surface area contributed by atoms with Crippen molar-refractivity contribution in [3.05, 3.63) is 29.8 Å². The predicted octanol–water partition coefficient (Wildman–Crippen LogP) is 1.04. The highest BCUT2D eigenvalue weighted by atomic mass is 19.4. The van der Waals surface area contributed by atoms with Gasteiger partial charge in [0, 0.05) is 7.11 Å². The van der Waals surface area contributed by atoms with Gasteiger partial charge in [-0.05, 0) is 5.46 Å². The number of rotatable bonds is 2. The van der Waals surface area contributed by atoms with E-state index in [1.807, 2.05) is 0 Å². The van der Waals surface area contributed by atoms with Crippen molar-refractivity contribution in [1.29, 1.82) is 0 Å². The van der Waals surface area contributed by atoms with Crippen molar-refractivity contribution in [2.24, 2.45) is 0 Å². The third-order valence-electron chi connectivity index (χ3n) is 1.76. The zero-order chi connectivity index (χ0) is 10.8. The van der Waals surface area contributed by atoms with Crippen LogP contribution in [-0.2, 0) is 10.8 Å². The van der Waals surface area contributed by atoms with E-state index in [2.05, 4.69) is 4.65 Å². The van der Waals surface area contributed by atoms with Gasteiger partial charge in [-0.15, -0.1) is 0 Å². The molecule has 0 aliphatic rings. The van der Waals surface area contributed by atoms with Gasteiger partial charge in [0.15, 0.2) is 0 Å². The Balaban J connectivity index is 3.16. The highest BCUT2D eigenvalue weighted by molar-refractivity contribution is 6.60. The van der Waals surface area contributed by atoms with E-state index >= 15 is 0 Å². The molecule has 0 saturated heterocycles. The van der Waals surface area contributed by atoms with Crippen LogP contribution in [0.4, 0.5) is 13.2 Å². The van der Waals surface area contributed by atoms with E-state index in [1.165, 1.54) is 18.2 Å². The zero-order valence-corrected chi connectivity index (χ0v) is 7.38. The number of benzene rings is 1. The number of hydrogen-bond acceptors (Lipinski definition) is 2. The molecule has 2 nitrogen and oxygen atoms in total. The minimum absolute atomic E-state index is 0.275. The van der Waals surface area contributed by atoms with Gasteiger partial charge in [-0.2, -0.15) is 13.2 Å². The van der Waals surface area contributed by atoms with Gasteiger partial charge in [0.25, 0.3) is 0 Å². The van der Waals surface area contributed by atoms with E-state index < -0.39 is 18.9 Å². The van der Waals surface area contributed by atoms with Crippen LogP contribution in [0.25, 0.3) is 0 Å². The predicted molar refractivity (Wildman–Crippen MR) is 46.1 cm³/mol. The first-order valence-electron chi connectivity index (χ1n) is 3.84. The minimum atomic E-state index is -4.48. The SMILES string of the molecule is COB(O)c1ccccc1C(F)(F)F. The second-order valence-corrected chi connectivity index (χ2v) is 2.67. The summed E-state index contributed by atoms with van der Waals surface area (Å²) in [4.78, 5) is 0. The molecule has 14 heavy (non-hydrogen) atoms. The Morgan fingerprint density at radius 1 is 1.29 bits per heavy atom. The van der Waals surface area contributed by atoms with Gasteiger partial charge < -0.3 is 9.68 Å². The molecular formula is C8H8BF3O2. The maximum absolute atomic E-state index is 12.4. The van der Waals surface area contributed by atoms with E-state index in [9.17, 15) is 13.2 Å². The quantitative estimate of drug-likeness (QED) is 0.729. The second-order valence-electron chi connectivity index (χ2n) is 2.67. The lowest BCUT2D eigenvalue weighted by atomic mass is 9.76. The summed E-state index contributed by atoms with van der Waals surface area (Å²) in [6, 6.07) is 4.75. The summed E-state index contributed by atoms with van der Waals surface area (Å²) < 4.78 is 41.6. The van der Waals surface area contributed by atoms with Gasteiger partial charge in [0.05, 0.1) is 5.56 Å². The first-order chi connectivity index (χ1) is 6.46. The highest BCUT2D eigenvalue weighted by Gasteiger charge is 2.36. The lowest BCUT2D eigenvalue weighted by molar-refractivity contribution is -0.136. The normalized spacial score (nSPS) is 11.5. The van der Waals surface area contributed by atoms with E-state index in [0.717, 1.165) is 13.2 Å². The van der Waals surface area contributed by atoms with E-state index in [0.29, 0.717) is 0 Å². The average Bonchev–Trinajstić information content (AvgIpc) is 2.15. The molecule has 0 heterocycles. The zero-order valence-electron chi connectivity index (χ0n) is 7.38. The number of hydrogen-bond donors (Lipinski definition) is 1. The molecule has 0 atom stereocenters. The Labute approximate surface area is 79.5 Å². The Kier molecular flexibility index (Phi) is 3.18. The molecule has 1 N–H and O–H groups in total. The summed E-state index contributed by atoms with van der Waals surface area (Å²) in [5, 5.41) is 9.15. The molecule has 0 bridgehead atoms. The van der Waals surface area contributed by atoms with Crippen molar-refractivity contribution < 1.29 is 22.8 Å². The van der Waals surface area contributed by atoms with Gasteiger partial charge in [-0.3, -0.25) is 0 Å². The largest absolute Gasteiger partial charge is 0.491 e. The summed E-state index contributed by atoms with van der Waals surface area (Å²) in [5.41, 5.74) is -1.16. The van der Waals surface area contributed by atoms with E-state index in [4.69, 9.17) is 5.02 Å². The minimum Gasteiger partial charge on any atom is -0.423 e. The Hall–Kier alpha value is -1.01. The molecule has 76 valence electrons.